The van der Waals surface area contributed by atoms with Gasteiger partial charge >= 0.3 is 5.97 Å². The van der Waals surface area contributed by atoms with Crippen molar-refractivity contribution < 1.29 is 27.5 Å². The molecule has 0 saturated heterocycles. The van der Waals surface area contributed by atoms with Gasteiger partial charge in [-0.1, -0.05) is 37.6 Å². The topological polar surface area (TPSA) is 142 Å². The first kappa shape index (κ1) is 27.9. The van der Waals surface area contributed by atoms with Crippen molar-refractivity contribution in [2.75, 3.05) is 30.0 Å². The average Bonchev–Trinajstić information content (AvgIpc) is 3.28. The number of aromatic nitrogens is 3. The van der Waals surface area contributed by atoms with Gasteiger partial charge in [0.2, 0.25) is 10.0 Å². The molecule has 0 saturated carbocycles. The van der Waals surface area contributed by atoms with Gasteiger partial charge in [0.15, 0.2) is 11.4 Å². The Bertz CT molecular complexity index is 1450. The molecule has 13 heteroatoms. The van der Waals surface area contributed by atoms with Crippen LogP contribution >= 0.6 is 11.6 Å². The Hall–Kier alpha value is -3.64. The molecule has 3 rings (SSSR count). The molecule has 0 fully saturated rings. The van der Waals surface area contributed by atoms with Crippen molar-refractivity contribution in [1.29, 1.82) is 0 Å². The minimum absolute atomic E-state index is 0.0117. The molecule has 1 heterocycles. The molecule has 37 heavy (non-hydrogen) atoms. The quantitative estimate of drug-likeness (QED) is 0.401. The Morgan fingerprint density at radius 1 is 1.14 bits per heavy atom. The summed E-state index contributed by atoms with van der Waals surface area (Å²) in [6, 6.07) is 7.90. The molecule has 1 aromatic heterocycles. The van der Waals surface area contributed by atoms with Gasteiger partial charge in [0.25, 0.3) is 5.91 Å². The number of anilines is 2. The molecule has 0 radical (unpaired) electrons. The van der Waals surface area contributed by atoms with Gasteiger partial charge in [-0.3, -0.25) is 9.52 Å². The van der Waals surface area contributed by atoms with Gasteiger partial charge in [0.05, 0.1) is 48.3 Å². The summed E-state index contributed by atoms with van der Waals surface area (Å²) in [5.74, 6) is -1.00. The Morgan fingerprint density at radius 2 is 1.81 bits per heavy atom. The van der Waals surface area contributed by atoms with Gasteiger partial charge in [-0.05, 0) is 48.2 Å². The summed E-state index contributed by atoms with van der Waals surface area (Å²) < 4.78 is 38.0. The second kappa shape index (κ2) is 10.8. The van der Waals surface area contributed by atoms with Gasteiger partial charge in [-0.2, -0.15) is 0 Å². The third-order valence-electron chi connectivity index (χ3n) is 5.14. The number of methoxy groups -OCH3 is 1. The lowest BCUT2D eigenvalue weighted by Gasteiger charge is -2.24. The highest BCUT2D eigenvalue weighted by Crippen LogP contribution is 2.39. The largest absolute Gasteiger partial charge is 0.492 e. The van der Waals surface area contributed by atoms with E-state index in [-0.39, 0.29) is 45.4 Å². The highest BCUT2D eigenvalue weighted by molar-refractivity contribution is 7.92. The van der Waals surface area contributed by atoms with Crippen LogP contribution in [0.4, 0.5) is 11.4 Å². The summed E-state index contributed by atoms with van der Waals surface area (Å²) in [6.45, 7) is 7.73. The number of ether oxygens (including phenoxy) is 2. The van der Waals surface area contributed by atoms with Crippen LogP contribution in [0.15, 0.2) is 36.5 Å². The third kappa shape index (κ3) is 6.77. The van der Waals surface area contributed by atoms with Crippen LogP contribution in [0.2, 0.25) is 5.02 Å². The number of nitrogens with one attached hydrogen (secondary N) is 2. The number of amides is 1. The predicted octanol–water partition coefficient (Wildman–Crippen LogP) is 4.03. The third-order valence-corrected chi connectivity index (χ3v) is 6.05. The Labute approximate surface area is 220 Å². The van der Waals surface area contributed by atoms with Crippen LogP contribution in [0, 0.1) is 0 Å². The molecule has 0 bridgehead atoms. The molecule has 3 aromatic rings. The Balaban J connectivity index is 2.01. The lowest BCUT2D eigenvalue weighted by Crippen LogP contribution is -2.18. The highest BCUT2D eigenvalue weighted by atomic mass is 35.5. The maximum absolute atomic E-state index is 13.3. The van der Waals surface area contributed by atoms with Gasteiger partial charge in [-0.15, -0.1) is 5.10 Å². The summed E-state index contributed by atoms with van der Waals surface area (Å²) >= 11 is 6.32. The molecule has 0 atom stereocenters. The number of carbonyl (C=O) groups is 2. The van der Waals surface area contributed by atoms with E-state index in [0.29, 0.717) is 5.69 Å². The van der Waals surface area contributed by atoms with Gasteiger partial charge in [-0.25, -0.2) is 17.9 Å². The van der Waals surface area contributed by atoms with E-state index in [1.54, 1.807) is 19.1 Å². The molecule has 198 valence electrons. The van der Waals surface area contributed by atoms with E-state index in [0.717, 1.165) is 11.8 Å². The normalized spacial score (nSPS) is 11.6. The molecule has 2 N–H and O–H groups in total. The first-order valence-electron chi connectivity index (χ1n) is 11.1. The molecule has 0 spiro atoms. The van der Waals surface area contributed by atoms with E-state index >= 15 is 0 Å². The van der Waals surface area contributed by atoms with E-state index < -0.39 is 21.9 Å². The zero-order valence-corrected chi connectivity index (χ0v) is 22.8. The number of nitrogens with zero attached hydrogens (tertiary/aromatic N) is 3. The lowest BCUT2D eigenvalue weighted by molar-refractivity contribution is 0.0519. The molecule has 1 amide bonds. The van der Waals surface area contributed by atoms with Crippen LogP contribution in [0.1, 0.15) is 54.1 Å². The Morgan fingerprint density at radius 3 is 2.41 bits per heavy atom. The molecule has 0 aliphatic rings. The van der Waals surface area contributed by atoms with Crippen molar-refractivity contribution >= 4 is 44.9 Å². The summed E-state index contributed by atoms with van der Waals surface area (Å²) in [4.78, 5) is 25.2. The number of rotatable bonds is 8. The van der Waals surface area contributed by atoms with Crippen LogP contribution in [-0.2, 0) is 20.2 Å². The standard InChI is InChI=1S/C24H28ClN5O6S/c1-7-36-23(32)19-13-30(29-27-19)20-10-14(8-9-16(20)25)22(31)26-17-11-15(24(2,3)4)12-18(21(17)35-5)28-37(6,33)34/h8-13,28H,7H2,1-6H3,(H,26,31). The van der Waals surface area contributed by atoms with Crippen molar-refractivity contribution in [3.63, 3.8) is 0 Å². The summed E-state index contributed by atoms with van der Waals surface area (Å²) in [5, 5.41) is 10.8. The smallest absolute Gasteiger partial charge is 0.360 e. The molecule has 2 aromatic carbocycles. The second-order valence-corrected chi connectivity index (χ2v) is 11.3. The Kier molecular flexibility index (Phi) is 8.13. The number of benzene rings is 2. The maximum atomic E-state index is 13.3. The van der Waals surface area contributed by atoms with Crippen LogP contribution < -0.4 is 14.8 Å². The van der Waals surface area contributed by atoms with Crippen molar-refractivity contribution in [2.45, 2.75) is 33.1 Å². The second-order valence-electron chi connectivity index (χ2n) is 9.12. The number of hydrogen-bond acceptors (Lipinski definition) is 8. The molecule has 11 nitrogen and oxygen atoms in total. The van der Waals surface area contributed by atoms with Crippen molar-refractivity contribution in [1.82, 2.24) is 15.0 Å². The highest BCUT2D eigenvalue weighted by Gasteiger charge is 2.23. The van der Waals surface area contributed by atoms with Crippen LogP contribution in [0.3, 0.4) is 0 Å². The summed E-state index contributed by atoms with van der Waals surface area (Å²) in [6.07, 6.45) is 2.38. The lowest BCUT2D eigenvalue weighted by atomic mass is 9.86. The molecule has 0 aliphatic heterocycles. The predicted molar refractivity (Wildman–Crippen MR) is 140 cm³/mol. The zero-order valence-electron chi connectivity index (χ0n) is 21.2. The molecule has 0 aliphatic carbocycles. The molecule has 0 unspecified atom stereocenters. The minimum Gasteiger partial charge on any atom is -0.492 e. The van der Waals surface area contributed by atoms with Crippen LogP contribution in [-0.4, -0.2) is 55.3 Å². The molecular formula is C24H28ClN5O6S. The van der Waals surface area contributed by atoms with Crippen molar-refractivity contribution in [3.8, 4) is 11.4 Å². The zero-order chi connectivity index (χ0) is 27.5. The fourth-order valence-electron chi connectivity index (χ4n) is 3.35. The van der Waals surface area contributed by atoms with Crippen LogP contribution in [0.5, 0.6) is 5.75 Å². The monoisotopic (exact) mass is 549 g/mol. The SMILES string of the molecule is CCOC(=O)c1cn(-c2cc(C(=O)Nc3cc(C(C)(C)C)cc(NS(C)(=O)=O)c3OC)ccc2Cl)nn1. The van der Waals surface area contributed by atoms with Gasteiger partial charge < -0.3 is 14.8 Å². The number of esters is 1. The van der Waals surface area contributed by atoms with E-state index in [2.05, 4.69) is 20.4 Å². The fourth-order valence-corrected chi connectivity index (χ4v) is 4.11. The summed E-state index contributed by atoms with van der Waals surface area (Å²) in [5.41, 5.74) is 1.38. The van der Waals surface area contributed by atoms with Crippen LogP contribution in [0.25, 0.3) is 5.69 Å². The van der Waals surface area contributed by atoms with Crippen molar-refractivity contribution in [3.05, 3.63) is 58.4 Å². The fraction of sp³-hybridized carbons (Fsp3) is 0.333. The van der Waals surface area contributed by atoms with Crippen molar-refractivity contribution in [2.24, 2.45) is 0 Å². The van der Waals surface area contributed by atoms with Gasteiger partial charge in [0, 0.05) is 5.56 Å². The number of hydrogen-bond donors (Lipinski definition) is 2. The van der Waals surface area contributed by atoms with Gasteiger partial charge in [0.1, 0.15) is 0 Å². The number of sulfonamides is 1. The van der Waals surface area contributed by atoms with E-state index in [4.69, 9.17) is 21.1 Å². The summed E-state index contributed by atoms with van der Waals surface area (Å²) in [7, 11) is -2.25. The van der Waals surface area contributed by atoms with E-state index in [1.807, 2.05) is 20.8 Å². The minimum atomic E-state index is -3.62. The first-order chi connectivity index (χ1) is 17.2. The number of carbonyl (C=O) groups excluding carboxylic acids is 2. The maximum Gasteiger partial charge on any atom is 0.360 e. The first-order valence-corrected chi connectivity index (χ1v) is 13.4. The number of halogens is 1. The average molecular weight is 550 g/mol. The molecular weight excluding hydrogens is 522 g/mol. The van der Waals surface area contributed by atoms with E-state index in [9.17, 15) is 18.0 Å². The van der Waals surface area contributed by atoms with E-state index in [1.165, 1.54) is 36.2 Å².